The van der Waals surface area contributed by atoms with Gasteiger partial charge in [0.2, 0.25) is 11.8 Å². The molecule has 1 aliphatic heterocycles. The number of likely N-dealkylation sites (tertiary alicyclic amines) is 1. The normalized spacial score (nSPS) is 15.7. The molecule has 7 heteroatoms. The van der Waals surface area contributed by atoms with Crippen LogP contribution in [0.4, 0.5) is 0 Å². The molecule has 2 N–H and O–H groups in total. The van der Waals surface area contributed by atoms with Gasteiger partial charge in [-0.05, 0) is 0 Å². The van der Waals surface area contributed by atoms with Crippen molar-refractivity contribution in [3.05, 3.63) is 11.8 Å². The molecule has 7 nitrogen and oxygen atoms in total. The van der Waals surface area contributed by atoms with Crippen molar-refractivity contribution in [2.45, 2.75) is 13.0 Å². The summed E-state index contributed by atoms with van der Waals surface area (Å²) in [5.74, 6) is -0.963. The molecule has 0 spiro atoms. The van der Waals surface area contributed by atoms with Crippen molar-refractivity contribution in [1.82, 2.24) is 15.1 Å². The molecule has 1 aromatic rings. The maximum absolute atomic E-state index is 10.9. The fraction of sp³-hybridized carbons (Fsp3) is 0.444. The van der Waals surface area contributed by atoms with Crippen LogP contribution < -0.4 is 4.74 Å². The lowest BCUT2D eigenvalue weighted by atomic mass is 10.1. The third kappa shape index (κ3) is 1.83. The van der Waals surface area contributed by atoms with Crippen LogP contribution in [0, 0.1) is 0 Å². The van der Waals surface area contributed by atoms with E-state index in [0.717, 1.165) is 0 Å². The Morgan fingerprint density at radius 2 is 2.31 bits per heavy atom. The van der Waals surface area contributed by atoms with E-state index in [9.17, 15) is 9.59 Å². The van der Waals surface area contributed by atoms with E-state index in [0.29, 0.717) is 13.1 Å². The van der Waals surface area contributed by atoms with Gasteiger partial charge in [-0.1, -0.05) is 0 Å². The van der Waals surface area contributed by atoms with Crippen LogP contribution in [0.2, 0.25) is 0 Å². The highest BCUT2D eigenvalue weighted by Crippen LogP contribution is 2.19. The zero-order valence-electron chi connectivity index (χ0n) is 8.64. The minimum absolute atomic E-state index is 0.00118. The number of amides is 1. The molecule has 0 radical (unpaired) electrons. The Kier molecular flexibility index (Phi) is 2.51. The van der Waals surface area contributed by atoms with Crippen molar-refractivity contribution in [1.29, 1.82) is 0 Å². The Balaban J connectivity index is 1.94. The van der Waals surface area contributed by atoms with Crippen molar-refractivity contribution >= 4 is 11.9 Å². The Hall–Kier alpha value is -2.05. The average Bonchev–Trinajstić information content (AvgIpc) is 2.57. The minimum Gasteiger partial charge on any atom is -0.477 e. The molecule has 0 aliphatic carbocycles. The number of H-pyrrole nitrogens is 1. The van der Waals surface area contributed by atoms with Gasteiger partial charge < -0.3 is 14.7 Å². The van der Waals surface area contributed by atoms with E-state index < -0.39 is 5.97 Å². The third-order valence-corrected chi connectivity index (χ3v) is 2.41. The highest BCUT2D eigenvalue weighted by Gasteiger charge is 2.31. The molecular weight excluding hydrogens is 214 g/mol. The molecule has 1 aliphatic rings. The number of nitrogens with zero attached hydrogens (tertiary/aromatic N) is 2. The summed E-state index contributed by atoms with van der Waals surface area (Å²) in [6.07, 6.45) is 1.03. The number of ether oxygens (including phenoxy) is 1. The molecule has 1 amide bonds. The standard InChI is InChI=1S/C9H11N3O4/c1-5(13)12-3-6(4-12)16-8-7(9(14)15)2-10-11-8/h2,6H,3-4H2,1H3,(H,10,11)(H,14,15). The molecule has 86 valence electrons. The van der Waals surface area contributed by atoms with Gasteiger partial charge in [-0.15, -0.1) is 0 Å². The van der Waals surface area contributed by atoms with E-state index in [1.807, 2.05) is 0 Å². The van der Waals surface area contributed by atoms with E-state index in [2.05, 4.69) is 10.2 Å². The fourth-order valence-corrected chi connectivity index (χ4v) is 1.45. The van der Waals surface area contributed by atoms with Crippen LogP contribution in [0.5, 0.6) is 5.88 Å². The lowest BCUT2D eigenvalue weighted by Gasteiger charge is -2.37. The Bertz CT molecular complexity index is 422. The van der Waals surface area contributed by atoms with Crippen LogP contribution in [0.25, 0.3) is 0 Å². The van der Waals surface area contributed by atoms with Crippen molar-refractivity contribution < 1.29 is 19.4 Å². The zero-order chi connectivity index (χ0) is 11.7. The molecule has 0 unspecified atom stereocenters. The van der Waals surface area contributed by atoms with Gasteiger partial charge in [0.25, 0.3) is 0 Å². The van der Waals surface area contributed by atoms with Gasteiger partial charge in [-0.3, -0.25) is 4.79 Å². The maximum Gasteiger partial charge on any atom is 0.342 e. The quantitative estimate of drug-likeness (QED) is 0.737. The summed E-state index contributed by atoms with van der Waals surface area (Å²) < 4.78 is 5.37. The topological polar surface area (TPSA) is 95.5 Å². The summed E-state index contributed by atoms with van der Waals surface area (Å²) >= 11 is 0. The number of carboxylic acids is 1. The molecule has 0 aromatic carbocycles. The highest BCUT2D eigenvalue weighted by atomic mass is 16.5. The molecule has 2 heterocycles. The minimum atomic E-state index is -1.09. The first kappa shape index (κ1) is 10.5. The van der Waals surface area contributed by atoms with Crippen molar-refractivity contribution in [3.8, 4) is 5.88 Å². The number of hydrogen-bond acceptors (Lipinski definition) is 4. The summed E-state index contributed by atoms with van der Waals surface area (Å²) in [5, 5.41) is 14.9. The third-order valence-electron chi connectivity index (χ3n) is 2.41. The first-order chi connectivity index (χ1) is 7.58. The molecule has 1 fully saturated rings. The van der Waals surface area contributed by atoms with Crippen LogP contribution >= 0.6 is 0 Å². The van der Waals surface area contributed by atoms with E-state index in [-0.39, 0.29) is 23.5 Å². The maximum atomic E-state index is 10.9. The lowest BCUT2D eigenvalue weighted by molar-refractivity contribution is -0.137. The molecule has 0 saturated carbocycles. The number of nitrogens with one attached hydrogen (secondary N) is 1. The predicted octanol–water partition coefficient (Wildman–Crippen LogP) is -0.283. The highest BCUT2D eigenvalue weighted by molar-refractivity contribution is 5.89. The molecule has 1 saturated heterocycles. The van der Waals surface area contributed by atoms with Crippen molar-refractivity contribution in [2.24, 2.45) is 0 Å². The Morgan fingerprint density at radius 1 is 1.62 bits per heavy atom. The van der Waals surface area contributed by atoms with Gasteiger partial charge in [-0.2, -0.15) is 5.10 Å². The van der Waals surface area contributed by atoms with Gasteiger partial charge in [0, 0.05) is 6.92 Å². The SMILES string of the molecule is CC(=O)N1CC(Oc2[nH]ncc2C(=O)O)C1. The van der Waals surface area contributed by atoms with Crippen LogP contribution in [0.15, 0.2) is 6.20 Å². The van der Waals surface area contributed by atoms with E-state index in [1.54, 1.807) is 4.90 Å². The Morgan fingerprint density at radius 3 is 2.88 bits per heavy atom. The number of carboxylic acid groups (broad SMARTS) is 1. The number of aromatic carboxylic acids is 1. The van der Waals surface area contributed by atoms with Gasteiger partial charge in [0.1, 0.15) is 11.7 Å². The van der Waals surface area contributed by atoms with Gasteiger partial charge in [0.15, 0.2) is 0 Å². The molecular formula is C9H11N3O4. The van der Waals surface area contributed by atoms with Gasteiger partial charge in [0.05, 0.1) is 19.3 Å². The summed E-state index contributed by atoms with van der Waals surface area (Å²) in [6, 6.07) is 0. The summed E-state index contributed by atoms with van der Waals surface area (Å²) in [5.41, 5.74) is 0.00118. The molecule has 1 aromatic heterocycles. The molecule has 2 rings (SSSR count). The van der Waals surface area contributed by atoms with Crippen LogP contribution in [0.3, 0.4) is 0 Å². The molecule has 0 bridgehead atoms. The summed E-state index contributed by atoms with van der Waals surface area (Å²) in [6.45, 7) is 2.44. The first-order valence-corrected chi connectivity index (χ1v) is 4.76. The summed E-state index contributed by atoms with van der Waals surface area (Å²) in [7, 11) is 0. The van der Waals surface area contributed by atoms with Crippen LogP contribution in [-0.4, -0.2) is 51.3 Å². The van der Waals surface area contributed by atoms with Crippen molar-refractivity contribution in [2.75, 3.05) is 13.1 Å². The fourth-order valence-electron chi connectivity index (χ4n) is 1.45. The predicted molar refractivity (Wildman–Crippen MR) is 52.2 cm³/mol. The number of aromatic amines is 1. The monoisotopic (exact) mass is 225 g/mol. The van der Waals surface area contributed by atoms with Gasteiger partial charge in [-0.25, -0.2) is 9.89 Å². The molecule has 0 atom stereocenters. The second-order valence-electron chi connectivity index (χ2n) is 3.58. The summed E-state index contributed by atoms with van der Waals surface area (Å²) in [4.78, 5) is 23.3. The largest absolute Gasteiger partial charge is 0.477 e. The zero-order valence-corrected chi connectivity index (χ0v) is 8.64. The first-order valence-electron chi connectivity index (χ1n) is 4.76. The number of rotatable bonds is 3. The van der Waals surface area contributed by atoms with E-state index in [1.165, 1.54) is 13.1 Å². The second-order valence-corrected chi connectivity index (χ2v) is 3.58. The number of carbonyl (C=O) groups excluding carboxylic acids is 1. The smallest absolute Gasteiger partial charge is 0.342 e. The van der Waals surface area contributed by atoms with Crippen LogP contribution in [-0.2, 0) is 4.79 Å². The average molecular weight is 225 g/mol. The van der Waals surface area contributed by atoms with E-state index >= 15 is 0 Å². The van der Waals surface area contributed by atoms with Gasteiger partial charge >= 0.3 is 5.97 Å². The van der Waals surface area contributed by atoms with Crippen LogP contribution in [0.1, 0.15) is 17.3 Å². The van der Waals surface area contributed by atoms with Crippen molar-refractivity contribution in [3.63, 3.8) is 0 Å². The lowest BCUT2D eigenvalue weighted by Crippen LogP contribution is -2.55. The molecule has 16 heavy (non-hydrogen) atoms. The Labute approximate surface area is 91.0 Å². The second kappa shape index (κ2) is 3.84. The number of aromatic nitrogens is 2. The van der Waals surface area contributed by atoms with E-state index in [4.69, 9.17) is 9.84 Å². The number of carbonyl (C=O) groups is 2. The number of hydrogen-bond donors (Lipinski definition) is 2.